The van der Waals surface area contributed by atoms with Gasteiger partial charge in [0, 0.05) is 17.9 Å². The molecule has 2 aromatic rings. The van der Waals surface area contributed by atoms with Crippen molar-refractivity contribution in [3.05, 3.63) is 65.2 Å². The molecule has 8 heteroatoms. The van der Waals surface area contributed by atoms with E-state index in [1.54, 1.807) is 42.3 Å². The summed E-state index contributed by atoms with van der Waals surface area (Å²) in [6.07, 6.45) is -4.37. The van der Waals surface area contributed by atoms with Crippen molar-refractivity contribution in [1.82, 2.24) is 4.90 Å². The fourth-order valence-corrected chi connectivity index (χ4v) is 3.60. The molecule has 0 spiro atoms. The van der Waals surface area contributed by atoms with Crippen LogP contribution in [-0.2, 0) is 11.9 Å². The van der Waals surface area contributed by atoms with Gasteiger partial charge in [0.15, 0.2) is 5.17 Å². The second-order valence-electron chi connectivity index (χ2n) is 5.84. The molecule has 0 unspecified atom stereocenters. The van der Waals surface area contributed by atoms with Crippen LogP contribution in [0.3, 0.4) is 0 Å². The van der Waals surface area contributed by atoms with Crippen LogP contribution in [0.4, 0.5) is 13.2 Å². The summed E-state index contributed by atoms with van der Waals surface area (Å²) in [6.45, 7) is 0.933. The largest absolute Gasteiger partial charge is 0.497 e. The van der Waals surface area contributed by atoms with Crippen LogP contribution in [0, 0.1) is 0 Å². The highest BCUT2D eigenvalue weighted by molar-refractivity contribution is 8.13. The maximum atomic E-state index is 12.8. The average molecular weight is 394 g/mol. The molecule has 1 aliphatic rings. The highest BCUT2D eigenvalue weighted by atomic mass is 32.2. The normalized spacial score (nSPS) is 14.2. The summed E-state index contributed by atoms with van der Waals surface area (Å²) >= 11 is 1.26. The van der Waals surface area contributed by atoms with Gasteiger partial charge in [0.05, 0.1) is 19.2 Å². The zero-order valence-electron chi connectivity index (χ0n) is 14.5. The minimum Gasteiger partial charge on any atom is -0.497 e. The monoisotopic (exact) mass is 394 g/mol. The van der Waals surface area contributed by atoms with Crippen molar-refractivity contribution < 1.29 is 22.7 Å². The maximum absolute atomic E-state index is 12.8. The Hall–Kier alpha value is -2.48. The number of nitrogens with zero attached hydrogens (tertiary/aromatic N) is 2. The van der Waals surface area contributed by atoms with Crippen LogP contribution in [0.15, 0.2) is 53.5 Å². The number of halogens is 3. The van der Waals surface area contributed by atoms with E-state index in [0.717, 1.165) is 12.1 Å². The predicted molar refractivity (Wildman–Crippen MR) is 99.1 cm³/mol. The molecule has 4 nitrogen and oxygen atoms in total. The molecule has 0 radical (unpaired) electrons. The lowest BCUT2D eigenvalue weighted by Gasteiger charge is -2.18. The van der Waals surface area contributed by atoms with Crippen LogP contribution >= 0.6 is 11.8 Å². The third-order valence-corrected chi connectivity index (χ3v) is 5.09. The number of amidine groups is 1. The molecular formula is C19H17F3N2O2S. The number of carbonyl (C=O) groups is 1. The van der Waals surface area contributed by atoms with E-state index in [0.29, 0.717) is 40.9 Å². The van der Waals surface area contributed by atoms with Crippen molar-refractivity contribution in [2.24, 2.45) is 4.99 Å². The fourth-order valence-electron chi connectivity index (χ4n) is 2.61. The van der Waals surface area contributed by atoms with Gasteiger partial charge in [-0.25, -0.2) is 0 Å². The summed E-state index contributed by atoms with van der Waals surface area (Å²) in [4.78, 5) is 18.6. The highest BCUT2D eigenvalue weighted by Crippen LogP contribution is 2.31. The average Bonchev–Trinajstić information content (AvgIpc) is 3.14. The lowest BCUT2D eigenvalue weighted by atomic mass is 10.1. The van der Waals surface area contributed by atoms with E-state index >= 15 is 0 Å². The number of alkyl halides is 3. The second kappa shape index (κ2) is 8.04. The summed E-state index contributed by atoms with van der Waals surface area (Å²) in [5, 5.41) is 0.522. The van der Waals surface area contributed by atoms with Gasteiger partial charge in [0.25, 0.3) is 5.91 Å². The van der Waals surface area contributed by atoms with Gasteiger partial charge in [-0.05, 0) is 35.9 Å². The van der Waals surface area contributed by atoms with E-state index < -0.39 is 11.7 Å². The molecule has 27 heavy (non-hydrogen) atoms. The van der Waals surface area contributed by atoms with Gasteiger partial charge in [-0.15, -0.1) is 0 Å². The van der Waals surface area contributed by atoms with E-state index in [2.05, 4.69) is 4.99 Å². The van der Waals surface area contributed by atoms with Crippen LogP contribution in [0.25, 0.3) is 0 Å². The van der Waals surface area contributed by atoms with Crippen molar-refractivity contribution in [1.29, 1.82) is 0 Å². The summed E-state index contributed by atoms with van der Waals surface area (Å²) in [6, 6.07) is 11.9. The molecule has 1 heterocycles. The smallest absolute Gasteiger partial charge is 0.416 e. The molecule has 0 fully saturated rings. The molecule has 0 aromatic heterocycles. The summed E-state index contributed by atoms with van der Waals surface area (Å²) < 4.78 is 43.6. The first-order chi connectivity index (χ1) is 12.9. The lowest BCUT2D eigenvalue weighted by molar-refractivity contribution is -0.137. The van der Waals surface area contributed by atoms with E-state index in [1.165, 1.54) is 17.8 Å². The van der Waals surface area contributed by atoms with Crippen LogP contribution in [0.1, 0.15) is 21.5 Å². The Bertz CT molecular complexity index is 851. The van der Waals surface area contributed by atoms with Crippen LogP contribution < -0.4 is 4.74 Å². The van der Waals surface area contributed by atoms with E-state index in [-0.39, 0.29) is 5.91 Å². The molecule has 3 rings (SSSR count). The van der Waals surface area contributed by atoms with Gasteiger partial charge in [-0.1, -0.05) is 30.0 Å². The summed E-state index contributed by atoms with van der Waals surface area (Å²) in [5.41, 5.74) is 0.353. The third-order valence-electron chi connectivity index (χ3n) is 4.01. The van der Waals surface area contributed by atoms with E-state index in [4.69, 9.17) is 4.74 Å². The van der Waals surface area contributed by atoms with E-state index in [1.807, 2.05) is 0 Å². The van der Waals surface area contributed by atoms with Crippen LogP contribution in [0.2, 0.25) is 0 Å². The predicted octanol–water partition coefficient (Wildman–Crippen LogP) is 4.46. The Morgan fingerprint density at radius 3 is 2.63 bits per heavy atom. The maximum Gasteiger partial charge on any atom is 0.416 e. The number of carbonyl (C=O) groups excluding carboxylic acids is 1. The zero-order chi connectivity index (χ0) is 19.4. The fraction of sp³-hybridized carbons (Fsp3) is 0.263. The number of rotatable bonds is 4. The van der Waals surface area contributed by atoms with Crippen molar-refractivity contribution in [2.75, 3.05) is 20.2 Å². The molecule has 0 aliphatic carbocycles. The number of thioether (sulfide) groups is 1. The van der Waals surface area contributed by atoms with Crippen molar-refractivity contribution in [3.8, 4) is 5.75 Å². The number of hydrogen-bond donors (Lipinski definition) is 0. The molecule has 2 aromatic carbocycles. The van der Waals surface area contributed by atoms with Gasteiger partial charge in [0.2, 0.25) is 0 Å². The van der Waals surface area contributed by atoms with Gasteiger partial charge >= 0.3 is 6.18 Å². The third kappa shape index (κ3) is 4.63. The number of aliphatic imine (C=N–C) groups is 1. The standard InChI is InChI=1S/C19H17F3N2O2S/c1-26-16-7-5-14(6-8-16)17(25)24-10-9-23-18(24)27-12-13-3-2-4-15(11-13)19(20,21)22/h2-8,11H,9-10,12H2,1H3. The quantitative estimate of drug-likeness (QED) is 0.769. The first-order valence-electron chi connectivity index (χ1n) is 8.18. The summed E-state index contributed by atoms with van der Waals surface area (Å²) in [7, 11) is 1.55. The molecule has 0 bridgehead atoms. The molecule has 0 saturated heterocycles. The van der Waals surface area contributed by atoms with Gasteiger partial charge < -0.3 is 4.74 Å². The number of ether oxygens (including phenoxy) is 1. The molecule has 0 saturated carbocycles. The number of methoxy groups -OCH3 is 1. The topological polar surface area (TPSA) is 41.9 Å². The SMILES string of the molecule is COc1ccc(C(=O)N2CCN=C2SCc2cccc(C(F)(F)F)c2)cc1. The van der Waals surface area contributed by atoms with Crippen molar-refractivity contribution in [2.45, 2.75) is 11.9 Å². The van der Waals surface area contributed by atoms with E-state index in [9.17, 15) is 18.0 Å². The first-order valence-corrected chi connectivity index (χ1v) is 9.16. The van der Waals surface area contributed by atoms with Gasteiger partial charge in [-0.3, -0.25) is 14.7 Å². The van der Waals surface area contributed by atoms with Crippen molar-refractivity contribution in [3.63, 3.8) is 0 Å². The zero-order valence-corrected chi connectivity index (χ0v) is 15.3. The Morgan fingerprint density at radius 1 is 1.22 bits per heavy atom. The molecule has 1 aliphatic heterocycles. The molecule has 142 valence electrons. The minimum atomic E-state index is -4.37. The van der Waals surface area contributed by atoms with Crippen LogP contribution in [-0.4, -0.2) is 36.2 Å². The van der Waals surface area contributed by atoms with Crippen molar-refractivity contribution >= 4 is 22.8 Å². The highest BCUT2D eigenvalue weighted by Gasteiger charge is 2.30. The van der Waals surface area contributed by atoms with Gasteiger partial charge in [-0.2, -0.15) is 13.2 Å². The Balaban J connectivity index is 1.67. The minimum absolute atomic E-state index is 0.189. The molecule has 0 N–H and O–H groups in total. The first kappa shape index (κ1) is 19.3. The van der Waals surface area contributed by atoms with Gasteiger partial charge in [0.1, 0.15) is 5.75 Å². The molecular weight excluding hydrogens is 377 g/mol. The number of hydrogen-bond acceptors (Lipinski definition) is 4. The molecule has 0 atom stereocenters. The number of benzene rings is 2. The Morgan fingerprint density at radius 2 is 1.96 bits per heavy atom. The Labute approximate surface area is 159 Å². The summed E-state index contributed by atoms with van der Waals surface area (Å²) in [5.74, 6) is 0.765. The van der Waals surface area contributed by atoms with Crippen LogP contribution in [0.5, 0.6) is 5.75 Å². The lowest BCUT2D eigenvalue weighted by Crippen LogP contribution is -2.32. The second-order valence-corrected chi connectivity index (χ2v) is 6.78. The molecule has 1 amide bonds. The Kier molecular flexibility index (Phi) is 5.74. The number of amides is 1.